The lowest BCUT2D eigenvalue weighted by Crippen LogP contribution is -2.27. The van der Waals surface area contributed by atoms with Gasteiger partial charge in [-0.15, -0.1) is 0 Å². The Morgan fingerprint density at radius 3 is 0.981 bits per heavy atom. The third-order valence-corrected chi connectivity index (χ3v) is 5.82. The Bertz CT molecular complexity index is 1080. The van der Waals surface area contributed by atoms with Crippen LogP contribution in [0.4, 0.5) is 22.0 Å². The van der Waals surface area contributed by atoms with E-state index in [2.05, 4.69) is 4.74 Å². The van der Waals surface area contributed by atoms with Crippen LogP contribution in [-0.4, -0.2) is 150 Å². The van der Waals surface area contributed by atoms with E-state index >= 15 is 0 Å². The van der Waals surface area contributed by atoms with Gasteiger partial charge in [0.05, 0.1) is 132 Å². The molecular formula is C33H51F5O14. The predicted octanol–water partition coefficient (Wildman–Crippen LogP) is 3.19. The summed E-state index contributed by atoms with van der Waals surface area (Å²) < 4.78 is 129. The zero-order chi connectivity index (χ0) is 38.5. The number of rotatable bonds is 33. The monoisotopic (exact) mass is 766 g/mol. The van der Waals surface area contributed by atoms with Crippen LogP contribution < -0.4 is 4.74 Å². The summed E-state index contributed by atoms with van der Waals surface area (Å²) in [4.78, 5) is 23.1. The first-order valence-electron chi connectivity index (χ1n) is 16.7. The maximum Gasteiger partial charge on any atom is 0.332 e. The van der Waals surface area contributed by atoms with E-state index in [4.69, 9.17) is 52.1 Å². The number of halogens is 5. The molecule has 0 aliphatic rings. The van der Waals surface area contributed by atoms with Gasteiger partial charge in [-0.1, -0.05) is 0 Å². The van der Waals surface area contributed by atoms with E-state index in [1.165, 1.54) is 0 Å². The molecule has 14 nitrogen and oxygen atoms in total. The summed E-state index contributed by atoms with van der Waals surface area (Å²) >= 11 is 0. The lowest BCUT2D eigenvalue weighted by atomic mass is 10.2. The number of carbonyl (C=O) groups is 2. The minimum absolute atomic E-state index is 0.0745. The normalized spacial score (nSPS) is 11.7. The van der Waals surface area contributed by atoms with Crippen molar-refractivity contribution in [3.8, 4) is 5.75 Å². The first kappa shape index (κ1) is 47.4. The van der Waals surface area contributed by atoms with E-state index in [9.17, 15) is 31.5 Å². The van der Waals surface area contributed by atoms with Crippen molar-refractivity contribution in [3.05, 3.63) is 29.1 Å². The third kappa shape index (κ3) is 24.6. The fraction of sp³-hybridized carbons (Fsp3) is 0.758. The van der Waals surface area contributed by atoms with Gasteiger partial charge in [-0.3, -0.25) is 4.79 Å². The van der Waals surface area contributed by atoms with E-state index in [0.29, 0.717) is 92.5 Å². The maximum atomic E-state index is 13.5. The molecule has 0 spiro atoms. The molecule has 0 aromatic heterocycles. The van der Waals surface area contributed by atoms with Gasteiger partial charge in [-0.2, -0.15) is 8.78 Å². The Kier molecular flexibility index (Phi) is 27.2. The summed E-state index contributed by atoms with van der Waals surface area (Å²) in [5.74, 6) is -14.6. The van der Waals surface area contributed by atoms with Crippen molar-refractivity contribution < 1.29 is 88.4 Å². The van der Waals surface area contributed by atoms with Gasteiger partial charge in [0.2, 0.25) is 34.8 Å². The lowest BCUT2D eigenvalue weighted by molar-refractivity contribution is -0.160. The van der Waals surface area contributed by atoms with Gasteiger partial charge in [0, 0.05) is 0 Å². The minimum atomic E-state index is -2.35. The van der Waals surface area contributed by atoms with Crippen molar-refractivity contribution in [2.24, 2.45) is 0 Å². The summed E-state index contributed by atoms with van der Waals surface area (Å²) in [7, 11) is 0. The Hall–Kier alpha value is -2.59. The highest BCUT2D eigenvalue weighted by Crippen LogP contribution is 2.29. The number of ether oxygens (including phenoxy) is 12. The van der Waals surface area contributed by atoms with Gasteiger partial charge in [-0.25, -0.2) is 18.0 Å². The maximum absolute atomic E-state index is 13.5. The smallest absolute Gasteiger partial charge is 0.332 e. The van der Waals surface area contributed by atoms with Crippen molar-refractivity contribution in [1.29, 1.82) is 0 Å². The van der Waals surface area contributed by atoms with Crippen LogP contribution >= 0.6 is 0 Å². The van der Waals surface area contributed by atoms with Gasteiger partial charge in [0.25, 0.3) is 0 Å². The second-order valence-electron chi connectivity index (χ2n) is 11.3. The topological polar surface area (TPSA) is 145 Å². The number of hydrogen-bond acceptors (Lipinski definition) is 14. The molecule has 0 bridgehead atoms. The molecule has 52 heavy (non-hydrogen) atoms. The average molecular weight is 767 g/mol. The van der Waals surface area contributed by atoms with Crippen LogP contribution in [0, 0.1) is 29.1 Å². The van der Waals surface area contributed by atoms with E-state index in [0.717, 1.165) is 0 Å². The van der Waals surface area contributed by atoms with Crippen LogP contribution in [0.15, 0.2) is 0 Å². The van der Waals surface area contributed by atoms with Gasteiger partial charge < -0.3 is 56.8 Å². The second kappa shape index (κ2) is 29.8. The van der Waals surface area contributed by atoms with Gasteiger partial charge in [0.15, 0.2) is 0 Å². The van der Waals surface area contributed by atoms with Crippen LogP contribution in [0.5, 0.6) is 5.75 Å². The van der Waals surface area contributed by atoms with E-state index < -0.39 is 58.8 Å². The molecule has 1 rings (SSSR count). The van der Waals surface area contributed by atoms with Crippen LogP contribution in [0.1, 0.15) is 27.2 Å². The number of hydrogen-bond donors (Lipinski definition) is 0. The van der Waals surface area contributed by atoms with Crippen molar-refractivity contribution in [2.45, 2.75) is 32.8 Å². The Labute approximate surface area is 300 Å². The highest BCUT2D eigenvalue weighted by Gasteiger charge is 2.28. The second-order valence-corrected chi connectivity index (χ2v) is 11.3. The Balaban J connectivity index is 1.75. The highest BCUT2D eigenvalue weighted by atomic mass is 19.2. The number of carbonyl (C=O) groups excluding carboxylic acids is 2. The molecule has 0 N–H and O–H groups in total. The lowest BCUT2D eigenvalue weighted by Gasteiger charge is -2.19. The van der Waals surface area contributed by atoms with E-state index in [-0.39, 0.29) is 39.6 Å². The van der Waals surface area contributed by atoms with E-state index in [1.807, 2.05) is 0 Å². The molecule has 0 saturated heterocycles. The van der Waals surface area contributed by atoms with Crippen molar-refractivity contribution in [3.63, 3.8) is 0 Å². The van der Waals surface area contributed by atoms with Gasteiger partial charge in [0.1, 0.15) is 12.2 Å². The molecule has 0 unspecified atom stereocenters. The molecule has 1 aromatic rings. The van der Waals surface area contributed by atoms with Crippen molar-refractivity contribution in [2.75, 3.05) is 132 Å². The molecular weight excluding hydrogens is 715 g/mol. The summed E-state index contributed by atoms with van der Waals surface area (Å²) in [6.07, 6.45) is -0.492. The quantitative estimate of drug-likeness (QED) is 0.0258. The predicted molar refractivity (Wildman–Crippen MR) is 171 cm³/mol. The number of benzene rings is 1. The molecule has 0 aliphatic heterocycles. The van der Waals surface area contributed by atoms with E-state index in [1.54, 1.807) is 20.8 Å². The SMILES string of the molecule is CC(C)(C)OC(=O)COCCOCCOCCOCCOCCOCCOCCOCCOCCOCCC(=O)Oc1c(F)c(F)c(F)c(F)c1F. The fourth-order valence-corrected chi connectivity index (χ4v) is 3.50. The summed E-state index contributed by atoms with van der Waals surface area (Å²) in [6, 6.07) is 0. The molecule has 302 valence electrons. The molecule has 0 radical (unpaired) electrons. The standard InChI is InChI=1S/C33H51F5O14/c1-33(2,3)52-26(40)24-50-23-22-49-21-20-48-19-18-47-17-16-46-15-14-45-13-12-44-11-10-43-9-8-42-7-6-41-5-4-25(39)51-32-30(37)28(35)27(34)29(36)31(32)38/h4-24H2,1-3H3. The van der Waals surface area contributed by atoms with Crippen LogP contribution in [0.2, 0.25) is 0 Å². The molecule has 0 aliphatic carbocycles. The molecule has 0 amide bonds. The molecule has 0 atom stereocenters. The first-order valence-corrected chi connectivity index (χ1v) is 16.7. The van der Waals surface area contributed by atoms with Crippen molar-refractivity contribution in [1.82, 2.24) is 0 Å². The largest absolute Gasteiger partial charge is 0.458 e. The van der Waals surface area contributed by atoms with Crippen LogP contribution in [-0.2, 0) is 61.7 Å². The molecule has 1 aromatic carbocycles. The van der Waals surface area contributed by atoms with Crippen molar-refractivity contribution >= 4 is 11.9 Å². The minimum Gasteiger partial charge on any atom is -0.458 e. The Morgan fingerprint density at radius 1 is 0.404 bits per heavy atom. The third-order valence-electron chi connectivity index (χ3n) is 5.82. The molecule has 0 fully saturated rings. The van der Waals surface area contributed by atoms with Gasteiger partial charge in [-0.05, 0) is 20.8 Å². The molecule has 19 heteroatoms. The zero-order valence-corrected chi connectivity index (χ0v) is 30.0. The molecule has 0 saturated carbocycles. The van der Waals surface area contributed by atoms with Gasteiger partial charge >= 0.3 is 11.9 Å². The molecule has 0 heterocycles. The van der Waals surface area contributed by atoms with Crippen LogP contribution in [0.3, 0.4) is 0 Å². The Morgan fingerprint density at radius 2 is 0.673 bits per heavy atom. The first-order chi connectivity index (χ1) is 24.9. The summed E-state index contributed by atoms with van der Waals surface area (Å²) in [6.45, 7) is 11.4. The average Bonchev–Trinajstić information content (AvgIpc) is 3.10. The summed E-state index contributed by atoms with van der Waals surface area (Å²) in [5, 5.41) is 0. The highest BCUT2D eigenvalue weighted by molar-refractivity contribution is 5.72. The summed E-state index contributed by atoms with van der Waals surface area (Å²) in [5.41, 5.74) is -0.535. The zero-order valence-electron chi connectivity index (χ0n) is 30.0. The number of esters is 2. The van der Waals surface area contributed by atoms with Crippen LogP contribution in [0.25, 0.3) is 0 Å². The fourth-order valence-electron chi connectivity index (χ4n) is 3.50.